The van der Waals surface area contributed by atoms with E-state index in [-0.39, 0.29) is 10.5 Å². The number of aromatic nitrogens is 2. The van der Waals surface area contributed by atoms with E-state index in [9.17, 15) is 14.7 Å². The van der Waals surface area contributed by atoms with E-state index < -0.39 is 17.3 Å². The van der Waals surface area contributed by atoms with Crippen molar-refractivity contribution in [3.05, 3.63) is 21.9 Å². The van der Waals surface area contributed by atoms with Crippen LogP contribution in [-0.4, -0.2) is 34.4 Å². The molecule has 0 aromatic carbocycles. The van der Waals surface area contributed by atoms with Gasteiger partial charge in [0.15, 0.2) is 5.69 Å². The van der Waals surface area contributed by atoms with Crippen LogP contribution in [0.3, 0.4) is 0 Å². The van der Waals surface area contributed by atoms with Gasteiger partial charge in [-0.15, -0.1) is 0 Å². The summed E-state index contributed by atoms with van der Waals surface area (Å²) in [6, 6.07) is 0. The molecule has 0 aliphatic carbocycles. The molecule has 0 amide bonds. The van der Waals surface area contributed by atoms with Crippen LogP contribution in [0, 0.1) is 0 Å². The van der Waals surface area contributed by atoms with Crippen LogP contribution >= 0.6 is 15.9 Å². The van der Waals surface area contributed by atoms with Crippen LogP contribution in [0.5, 0.6) is 5.75 Å². The standard InChI is InChI=1S/C8H8BrN3O4/c1-16-8(15)4-5(13)7(14)12-6(11-4)3(9)2-10-12/h3,10,13H,2H2,1H3. The van der Waals surface area contributed by atoms with Gasteiger partial charge in [0.05, 0.1) is 18.5 Å². The van der Waals surface area contributed by atoms with Crippen molar-refractivity contribution in [3.63, 3.8) is 0 Å². The zero-order valence-electron chi connectivity index (χ0n) is 8.23. The Labute approximate surface area is 98.2 Å². The zero-order valence-corrected chi connectivity index (χ0v) is 9.81. The van der Waals surface area contributed by atoms with Gasteiger partial charge in [0, 0.05) is 0 Å². The maximum absolute atomic E-state index is 11.6. The highest BCUT2D eigenvalue weighted by atomic mass is 79.9. The first kappa shape index (κ1) is 10.9. The Bertz CT molecular complexity index is 513. The van der Waals surface area contributed by atoms with E-state index in [0.29, 0.717) is 12.4 Å². The van der Waals surface area contributed by atoms with Crippen LogP contribution in [0.2, 0.25) is 0 Å². The SMILES string of the molecule is COC(=O)c1nc2n(c(=O)c1O)NCC2Br. The van der Waals surface area contributed by atoms with Gasteiger partial charge in [-0.1, -0.05) is 15.9 Å². The quantitative estimate of drug-likeness (QED) is 0.546. The lowest BCUT2D eigenvalue weighted by Gasteiger charge is -2.07. The summed E-state index contributed by atoms with van der Waals surface area (Å²) in [4.78, 5) is 26.6. The number of methoxy groups -OCH3 is 1. The van der Waals surface area contributed by atoms with E-state index >= 15 is 0 Å². The molecule has 1 aromatic rings. The van der Waals surface area contributed by atoms with Crippen molar-refractivity contribution < 1.29 is 14.6 Å². The minimum atomic E-state index is -0.843. The third kappa shape index (κ3) is 1.45. The predicted octanol–water partition coefficient (Wildman–Crippen LogP) is -0.271. The van der Waals surface area contributed by atoms with Crippen molar-refractivity contribution >= 4 is 21.9 Å². The number of rotatable bonds is 1. The van der Waals surface area contributed by atoms with E-state index in [1.54, 1.807) is 0 Å². The molecular weight excluding hydrogens is 282 g/mol. The fourth-order valence-corrected chi connectivity index (χ4v) is 1.85. The summed E-state index contributed by atoms with van der Waals surface area (Å²) in [7, 11) is 1.15. The van der Waals surface area contributed by atoms with Gasteiger partial charge in [-0.05, 0) is 0 Å². The zero-order chi connectivity index (χ0) is 11.9. The topological polar surface area (TPSA) is 93.5 Å². The maximum atomic E-state index is 11.6. The highest BCUT2D eigenvalue weighted by Crippen LogP contribution is 2.25. The third-order valence-electron chi connectivity index (χ3n) is 2.17. The molecule has 0 fully saturated rings. The van der Waals surface area contributed by atoms with Crippen molar-refractivity contribution in [2.45, 2.75) is 4.83 Å². The molecule has 2 N–H and O–H groups in total. The summed E-state index contributed by atoms with van der Waals surface area (Å²) in [5.41, 5.74) is 1.64. The van der Waals surface area contributed by atoms with Gasteiger partial charge in [-0.2, -0.15) is 0 Å². The monoisotopic (exact) mass is 289 g/mol. The van der Waals surface area contributed by atoms with Gasteiger partial charge >= 0.3 is 11.5 Å². The number of halogens is 1. The lowest BCUT2D eigenvalue weighted by Crippen LogP contribution is -2.28. The van der Waals surface area contributed by atoms with Crippen LogP contribution < -0.4 is 11.0 Å². The Morgan fingerprint density at radius 1 is 1.75 bits per heavy atom. The molecule has 8 heteroatoms. The molecule has 1 aliphatic heterocycles. The highest BCUT2D eigenvalue weighted by molar-refractivity contribution is 9.09. The Kier molecular flexibility index (Phi) is 2.58. The van der Waals surface area contributed by atoms with Crippen molar-refractivity contribution in [1.29, 1.82) is 0 Å². The summed E-state index contributed by atoms with van der Waals surface area (Å²) in [6.07, 6.45) is 0. The first-order chi connectivity index (χ1) is 7.56. The van der Waals surface area contributed by atoms with Crippen LogP contribution in [0.15, 0.2) is 4.79 Å². The molecule has 1 atom stereocenters. The number of ether oxygens (including phenoxy) is 1. The molecule has 1 unspecified atom stereocenters. The molecular formula is C8H8BrN3O4. The number of hydrogen-bond acceptors (Lipinski definition) is 6. The minimum Gasteiger partial charge on any atom is -0.501 e. The number of nitrogens with zero attached hydrogens (tertiary/aromatic N) is 2. The average molecular weight is 290 g/mol. The lowest BCUT2D eigenvalue weighted by molar-refractivity contribution is 0.0589. The molecule has 0 saturated heterocycles. The second kappa shape index (κ2) is 3.78. The first-order valence-corrected chi connectivity index (χ1v) is 5.30. The lowest BCUT2D eigenvalue weighted by atomic mass is 10.3. The summed E-state index contributed by atoms with van der Waals surface area (Å²) in [5, 5.41) is 9.50. The number of aromatic hydroxyl groups is 1. The van der Waals surface area contributed by atoms with E-state index in [0.717, 1.165) is 11.8 Å². The van der Waals surface area contributed by atoms with E-state index in [4.69, 9.17) is 0 Å². The number of fused-ring (bicyclic) bond motifs is 1. The first-order valence-electron chi connectivity index (χ1n) is 4.38. The Hall–Kier alpha value is -1.57. The van der Waals surface area contributed by atoms with Crippen molar-refractivity contribution in [2.24, 2.45) is 0 Å². The van der Waals surface area contributed by atoms with Crippen LogP contribution in [-0.2, 0) is 4.74 Å². The Morgan fingerprint density at radius 2 is 2.44 bits per heavy atom. The van der Waals surface area contributed by atoms with E-state index in [2.05, 4.69) is 31.1 Å². The number of esters is 1. The second-order valence-electron chi connectivity index (χ2n) is 3.13. The van der Waals surface area contributed by atoms with Crippen molar-refractivity contribution in [3.8, 4) is 5.75 Å². The van der Waals surface area contributed by atoms with Crippen LogP contribution in [0.1, 0.15) is 21.1 Å². The van der Waals surface area contributed by atoms with Crippen LogP contribution in [0.25, 0.3) is 0 Å². The normalized spacial score (nSPS) is 17.8. The molecule has 16 heavy (non-hydrogen) atoms. The molecule has 1 aromatic heterocycles. The smallest absolute Gasteiger partial charge is 0.360 e. The molecule has 0 spiro atoms. The van der Waals surface area contributed by atoms with Gasteiger partial charge < -0.3 is 15.3 Å². The van der Waals surface area contributed by atoms with Gasteiger partial charge in [0.2, 0.25) is 5.75 Å². The molecule has 2 heterocycles. The minimum absolute atomic E-state index is 0.191. The summed E-state index contributed by atoms with van der Waals surface area (Å²) in [6.45, 7) is 0.451. The van der Waals surface area contributed by atoms with Crippen molar-refractivity contribution in [1.82, 2.24) is 9.66 Å². The van der Waals surface area contributed by atoms with Gasteiger partial charge in [-0.3, -0.25) is 4.79 Å². The highest BCUT2D eigenvalue weighted by Gasteiger charge is 2.28. The van der Waals surface area contributed by atoms with Crippen LogP contribution in [0.4, 0.5) is 0 Å². The number of nitrogens with one attached hydrogen (secondary N) is 1. The molecule has 2 rings (SSSR count). The fraction of sp³-hybridized carbons (Fsp3) is 0.375. The Morgan fingerprint density at radius 3 is 3.06 bits per heavy atom. The summed E-state index contributed by atoms with van der Waals surface area (Å²) in [5.74, 6) is -1.22. The van der Waals surface area contributed by atoms with Crippen molar-refractivity contribution in [2.75, 3.05) is 19.1 Å². The van der Waals surface area contributed by atoms with Gasteiger partial charge in [-0.25, -0.2) is 14.5 Å². The second-order valence-corrected chi connectivity index (χ2v) is 4.23. The largest absolute Gasteiger partial charge is 0.501 e. The molecule has 0 saturated carbocycles. The molecule has 0 radical (unpaired) electrons. The van der Waals surface area contributed by atoms with E-state index in [1.807, 2.05) is 0 Å². The van der Waals surface area contributed by atoms with E-state index in [1.165, 1.54) is 0 Å². The van der Waals surface area contributed by atoms with Gasteiger partial charge in [0.25, 0.3) is 0 Å². The number of carbonyl (C=O) groups excluding carboxylic acids is 1. The average Bonchev–Trinajstić information content (AvgIpc) is 2.64. The maximum Gasteiger partial charge on any atom is 0.360 e. The van der Waals surface area contributed by atoms with Gasteiger partial charge in [0.1, 0.15) is 5.82 Å². The Balaban J connectivity index is 2.67. The number of carbonyl (C=O) groups is 1. The summed E-state index contributed by atoms with van der Waals surface area (Å²) < 4.78 is 5.52. The number of hydrogen-bond donors (Lipinski definition) is 2. The summed E-state index contributed by atoms with van der Waals surface area (Å²) >= 11 is 3.28. The molecule has 1 aliphatic rings. The number of alkyl halides is 1. The third-order valence-corrected chi connectivity index (χ3v) is 2.91. The molecule has 86 valence electrons. The fourth-order valence-electron chi connectivity index (χ4n) is 1.39. The molecule has 0 bridgehead atoms. The molecule has 7 nitrogen and oxygen atoms in total. The predicted molar refractivity (Wildman–Crippen MR) is 57.4 cm³/mol.